The van der Waals surface area contributed by atoms with E-state index >= 15 is 0 Å². The van der Waals surface area contributed by atoms with Gasteiger partial charge in [-0.25, -0.2) is 0 Å². The molecule has 0 heterocycles. The summed E-state index contributed by atoms with van der Waals surface area (Å²) >= 11 is 0. The van der Waals surface area contributed by atoms with E-state index in [2.05, 4.69) is 11.8 Å². The van der Waals surface area contributed by atoms with Gasteiger partial charge in [-0.3, -0.25) is 4.79 Å². The van der Waals surface area contributed by atoms with Crippen molar-refractivity contribution in [2.24, 2.45) is 0 Å². The predicted octanol–water partition coefficient (Wildman–Crippen LogP) is 1.67. The topological polar surface area (TPSA) is 29.5 Å². The second-order valence-electron chi connectivity index (χ2n) is 3.21. The van der Waals surface area contributed by atoms with Gasteiger partial charge in [0.15, 0.2) is 0 Å². The maximum atomic E-state index is 11.0. The molecule has 0 N–H and O–H groups in total. The Morgan fingerprint density at radius 1 is 1.31 bits per heavy atom. The molecule has 13 heavy (non-hydrogen) atoms. The molecule has 0 spiro atoms. The first-order valence-corrected chi connectivity index (χ1v) is 5.04. The van der Waals surface area contributed by atoms with E-state index in [1.807, 2.05) is 14.0 Å². The van der Waals surface area contributed by atoms with Gasteiger partial charge in [-0.2, -0.15) is 0 Å². The van der Waals surface area contributed by atoms with E-state index in [9.17, 15) is 4.79 Å². The van der Waals surface area contributed by atoms with Crippen LogP contribution in [0.5, 0.6) is 0 Å². The normalized spacial score (nSPS) is 10.5. The Hall–Kier alpha value is -0.570. The Morgan fingerprint density at radius 2 is 2.00 bits per heavy atom. The number of esters is 1. The molecule has 0 aliphatic carbocycles. The third-order valence-corrected chi connectivity index (χ3v) is 1.90. The lowest BCUT2D eigenvalue weighted by Gasteiger charge is -2.14. The quantitative estimate of drug-likeness (QED) is 0.568. The van der Waals surface area contributed by atoms with Gasteiger partial charge in [0.25, 0.3) is 0 Å². The minimum atomic E-state index is -0.0918. The summed E-state index contributed by atoms with van der Waals surface area (Å²) in [4.78, 5) is 13.1. The number of unbranched alkanes of at least 4 members (excludes halogenated alkanes) is 1. The smallest absolute Gasteiger partial charge is 0.307 e. The van der Waals surface area contributed by atoms with Crippen LogP contribution in [0.25, 0.3) is 0 Å². The van der Waals surface area contributed by atoms with Gasteiger partial charge in [0.1, 0.15) is 0 Å². The largest absolute Gasteiger partial charge is 0.466 e. The molecule has 3 nitrogen and oxygen atoms in total. The summed E-state index contributed by atoms with van der Waals surface area (Å²) in [5, 5.41) is 0. The van der Waals surface area contributed by atoms with Crippen molar-refractivity contribution in [2.75, 3.05) is 26.7 Å². The highest BCUT2D eigenvalue weighted by Gasteiger charge is 2.03. The number of carbonyl (C=O) groups excluding carboxylic acids is 1. The third kappa shape index (κ3) is 7.78. The van der Waals surface area contributed by atoms with Gasteiger partial charge >= 0.3 is 5.97 Å². The van der Waals surface area contributed by atoms with Crippen molar-refractivity contribution in [3.63, 3.8) is 0 Å². The van der Waals surface area contributed by atoms with E-state index in [4.69, 9.17) is 4.74 Å². The summed E-state index contributed by atoms with van der Waals surface area (Å²) in [6.07, 6.45) is 2.90. The predicted molar refractivity (Wildman–Crippen MR) is 53.7 cm³/mol. The molecule has 0 atom stereocenters. The minimum Gasteiger partial charge on any atom is -0.466 e. The van der Waals surface area contributed by atoms with E-state index in [-0.39, 0.29) is 5.97 Å². The van der Waals surface area contributed by atoms with Gasteiger partial charge in [0, 0.05) is 6.54 Å². The average Bonchev–Trinajstić information content (AvgIpc) is 2.12. The highest BCUT2D eigenvalue weighted by atomic mass is 16.5. The molecule has 0 amide bonds. The SMILES string of the molecule is CCCCN(C)CCC(=O)OCC. The van der Waals surface area contributed by atoms with E-state index in [0.29, 0.717) is 13.0 Å². The van der Waals surface area contributed by atoms with E-state index in [0.717, 1.165) is 13.1 Å². The lowest BCUT2D eigenvalue weighted by molar-refractivity contribution is -0.143. The summed E-state index contributed by atoms with van der Waals surface area (Å²) in [7, 11) is 2.04. The van der Waals surface area contributed by atoms with Crippen molar-refractivity contribution in [1.82, 2.24) is 4.90 Å². The Balaban J connectivity index is 3.34. The first-order chi connectivity index (χ1) is 6.20. The van der Waals surface area contributed by atoms with Crippen molar-refractivity contribution in [2.45, 2.75) is 33.1 Å². The number of ether oxygens (including phenoxy) is 1. The number of hydrogen-bond acceptors (Lipinski definition) is 3. The molecule has 0 aromatic rings. The van der Waals surface area contributed by atoms with Gasteiger partial charge in [-0.15, -0.1) is 0 Å². The molecule has 0 aromatic carbocycles. The molecular formula is C10H21NO2. The van der Waals surface area contributed by atoms with Crippen molar-refractivity contribution < 1.29 is 9.53 Å². The molecule has 0 fully saturated rings. The van der Waals surface area contributed by atoms with Crippen molar-refractivity contribution in [3.05, 3.63) is 0 Å². The molecule has 0 saturated carbocycles. The Bertz CT molecular complexity index is 137. The number of nitrogens with zero attached hydrogens (tertiary/aromatic N) is 1. The molecule has 0 aromatic heterocycles. The highest BCUT2D eigenvalue weighted by molar-refractivity contribution is 5.69. The zero-order chi connectivity index (χ0) is 10.1. The van der Waals surface area contributed by atoms with E-state index < -0.39 is 0 Å². The van der Waals surface area contributed by atoms with Gasteiger partial charge in [0.05, 0.1) is 13.0 Å². The molecule has 0 aliphatic heterocycles. The van der Waals surface area contributed by atoms with Crippen LogP contribution in [0.15, 0.2) is 0 Å². The van der Waals surface area contributed by atoms with Gasteiger partial charge in [-0.05, 0) is 26.9 Å². The van der Waals surface area contributed by atoms with Crippen LogP contribution in [0.2, 0.25) is 0 Å². The van der Waals surface area contributed by atoms with Crippen LogP contribution in [0, 0.1) is 0 Å². The van der Waals surface area contributed by atoms with Gasteiger partial charge < -0.3 is 9.64 Å². The Morgan fingerprint density at radius 3 is 2.54 bits per heavy atom. The summed E-state index contributed by atoms with van der Waals surface area (Å²) in [6.45, 7) is 6.35. The highest BCUT2D eigenvalue weighted by Crippen LogP contribution is 1.94. The van der Waals surface area contributed by atoms with E-state index in [1.54, 1.807) is 0 Å². The molecule has 3 heteroatoms. The summed E-state index contributed by atoms with van der Waals surface area (Å²) in [5.74, 6) is -0.0918. The summed E-state index contributed by atoms with van der Waals surface area (Å²) in [6, 6.07) is 0. The van der Waals surface area contributed by atoms with Crippen LogP contribution < -0.4 is 0 Å². The third-order valence-electron chi connectivity index (χ3n) is 1.90. The van der Waals surface area contributed by atoms with Crippen molar-refractivity contribution in [1.29, 1.82) is 0 Å². The molecule has 78 valence electrons. The summed E-state index contributed by atoms with van der Waals surface area (Å²) in [5.41, 5.74) is 0. The fraction of sp³-hybridized carbons (Fsp3) is 0.900. The zero-order valence-corrected chi connectivity index (χ0v) is 9.01. The molecule has 0 radical (unpaired) electrons. The molecular weight excluding hydrogens is 166 g/mol. The Labute approximate surface area is 81.1 Å². The maximum absolute atomic E-state index is 11.0. The maximum Gasteiger partial charge on any atom is 0.307 e. The summed E-state index contributed by atoms with van der Waals surface area (Å²) < 4.78 is 4.83. The van der Waals surface area contributed by atoms with Gasteiger partial charge in [-0.1, -0.05) is 13.3 Å². The van der Waals surface area contributed by atoms with Crippen LogP contribution in [0.4, 0.5) is 0 Å². The van der Waals surface area contributed by atoms with E-state index in [1.165, 1.54) is 12.8 Å². The first kappa shape index (κ1) is 12.4. The lowest BCUT2D eigenvalue weighted by Crippen LogP contribution is -2.23. The standard InChI is InChI=1S/C10H21NO2/c1-4-6-8-11(3)9-7-10(12)13-5-2/h4-9H2,1-3H3. The van der Waals surface area contributed by atoms with Gasteiger partial charge in [0.2, 0.25) is 0 Å². The van der Waals surface area contributed by atoms with Crippen LogP contribution in [0.1, 0.15) is 33.1 Å². The molecule has 0 saturated heterocycles. The second-order valence-corrected chi connectivity index (χ2v) is 3.21. The van der Waals surface area contributed by atoms with Crippen LogP contribution >= 0.6 is 0 Å². The lowest BCUT2D eigenvalue weighted by atomic mass is 10.3. The molecule has 0 unspecified atom stereocenters. The average molecular weight is 187 g/mol. The van der Waals surface area contributed by atoms with Crippen LogP contribution in [-0.2, 0) is 9.53 Å². The first-order valence-electron chi connectivity index (χ1n) is 5.04. The number of hydrogen-bond donors (Lipinski definition) is 0. The number of carbonyl (C=O) groups is 1. The van der Waals surface area contributed by atoms with Crippen molar-refractivity contribution >= 4 is 5.97 Å². The second kappa shape index (κ2) is 8.05. The molecule has 0 rings (SSSR count). The molecule has 0 aliphatic rings. The monoisotopic (exact) mass is 187 g/mol. The number of rotatable bonds is 7. The Kier molecular flexibility index (Phi) is 7.69. The fourth-order valence-corrected chi connectivity index (χ4v) is 1.06. The molecule has 0 bridgehead atoms. The van der Waals surface area contributed by atoms with Crippen molar-refractivity contribution in [3.8, 4) is 0 Å². The van der Waals surface area contributed by atoms with Crippen LogP contribution in [0.3, 0.4) is 0 Å². The fourth-order valence-electron chi connectivity index (χ4n) is 1.06. The minimum absolute atomic E-state index is 0.0918. The van der Waals surface area contributed by atoms with Crippen LogP contribution in [-0.4, -0.2) is 37.6 Å². The zero-order valence-electron chi connectivity index (χ0n) is 9.01.